The first-order chi connectivity index (χ1) is 8.33. The van der Waals surface area contributed by atoms with Gasteiger partial charge in [-0.3, -0.25) is 4.79 Å². The van der Waals surface area contributed by atoms with Crippen LogP contribution in [-0.2, 0) is 19.3 Å². The number of hydrogen-bond acceptors (Lipinski definition) is 3. The van der Waals surface area contributed by atoms with Crippen molar-refractivity contribution >= 4 is 28.5 Å². The summed E-state index contributed by atoms with van der Waals surface area (Å²) in [5.41, 5.74) is 2.71. The van der Waals surface area contributed by atoms with Gasteiger partial charge in [0.25, 0.3) is 0 Å². The largest absolute Gasteiger partial charge is 0.293 e. The fourth-order valence-electron chi connectivity index (χ4n) is 2.28. The van der Waals surface area contributed by atoms with Crippen LogP contribution in [0, 0.1) is 0 Å². The zero-order chi connectivity index (χ0) is 11.7. The Bertz CT molecular complexity index is 501. The fraction of sp³-hybridized carbons (Fsp3) is 0.357. The monoisotopic (exact) mass is 262 g/mol. The van der Waals surface area contributed by atoms with E-state index in [1.165, 1.54) is 35.3 Å². The van der Waals surface area contributed by atoms with E-state index in [0.717, 1.165) is 11.3 Å². The Labute approximate surface area is 109 Å². The maximum Gasteiger partial charge on any atom is 0.173 e. The van der Waals surface area contributed by atoms with Gasteiger partial charge in [-0.15, -0.1) is 11.3 Å². The number of fused-ring (bicyclic) bond motifs is 1. The van der Waals surface area contributed by atoms with Crippen LogP contribution in [0.4, 0.5) is 0 Å². The molecule has 0 saturated heterocycles. The molecule has 0 radical (unpaired) electrons. The lowest BCUT2D eigenvalue weighted by Gasteiger charge is -1.96. The minimum Gasteiger partial charge on any atom is -0.293 e. The number of rotatable bonds is 4. The third-order valence-electron chi connectivity index (χ3n) is 3.24. The van der Waals surface area contributed by atoms with Gasteiger partial charge in [-0.05, 0) is 59.7 Å². The molecule has 0 amide bonds. The highest BCUT2D eigenvalue weighted by Crippen LogP contribution is 2.31. The van der Waals surface area contributed by atoms with Gasteiger partial charge in [0, 0.05) is 11.3 Å². The van der Waals surface area contributed by atoms with E-state index in [2.05, 4.69) is 22.9 Å². The molecule has 2 heterocycles. The third-order valence-corrected chi connectivity index (χ3v) is 5.25. The standard InChI is InChI=1S/C14H14OS2/c15-12(5-4-10-6-7-16-9-10)14-8-11-2-1-3-13(11)17-14/h6-9H,1-5H2. The molecule has 2 aromatic heterocycles. The second-order valence-corrected chi connectivity index (χ2v) is 6.38. The highest BCUT2D eigenvalue weighted by Gasteiger charge is 2.18. The van der Waals surface area contributed by atoms with Crippen LogP contribution in [0.2, 0.25) is 0 Å². The van der Waals surface area contributed by atoms with E-state index < -0.39 is 0 Å². The van der Waals surface area contributed by atoms with E-state index in [4.69, 9.17) is 0 Å². The summed E-state index contributed by atoms with van der Waals surface area (Å²) < 4.78 is 0. The predicted octanol–water partition coefficient (Wildman–Crippen LogP) is 4.11. The molecule has 3 rings (SSSR count). The fourth-order valence-corrected chi connectivity index (χ4v) is 4.21. The summed E-state index contributed by atoms with van der Waals surface area (Å²) in [5.74, 6) is 0.315. The van der Waals surface area contributed by atoms with E-state index in [0.29, 0.717) is 12.2 Å². The van der Waals surface area contributed by atoms with Gasteiger partial charge >= 0.3 is 0 Å². The Balaban J connectivity index is 1.65. The lowest BCUT2D eigenvalue weighted by atomic mass is 10.1. The van der Waals surface area contributed by atoms with Gasteiger partial charge in [0.2, 0.25) is 0 Å². The van der Waals surface area contributed by atoms with Crippen LogP contribution >= 0.6 is 22.7 Å². The van der Waals surface area contributed by atoms with Gasteiger partial charge in [-0.25, -0.2) is 0 Å². The maximum absolute atomic E-state index is 12.1. The molecule has 2 aromatic rings. The molecule has 17 heavy (non-hydrogen) atoms. The molecule has 0 atom stereocenters. The van der Waals surface area contributed by atoms with Crippen molar-refractivity contribution in [1.82, 2.24) is 0 Å². The van der Waals surface area contributed by atoms with Crippen LogP contribution in [0.1, 0.15) is 38.5 Å². The minimum atomic E-state index is 0.315. The molecule has 0 unspecified atom stereocenters. The lowest BCUT2D eigenvalue weighted by Crippen LogP contribution is -1.98. The molecule has 0 aliphatic heterocycles. The van der Waals surface area contributed by atoms with E-state index in [9.17, 15) is 4.79 Å². The predicted molar refractivity (Wildman–Crippen MR) is 73.3 cm³/mol. The molecule has 1 aliphatic carbocycles. The molecule has 0 fully saturated rings. The first kappa shape index (κ1) is 11.2. The second kappa shape index (κ2) is 4.75. The normalized spacial score (nSPS) is 13.9. The van der Waals surface area contributed by atoms with Crippen LogP contribution in [0.25, 0.3) is 0 Å². The van der Waals surface area contributed by atoms with Crippen molar-refractivity contribution < 1.29 is 4.79 Å². The highest BCUT2D eigenvalue weighted by molar-refractivity contribution is 7.14. The number of hydrogen-bond donors (Lipinski definition) is 0. The number of aryl methyl sites for hydroxylation is 3. The number of Topliss-reactive ketones (excluding diaryl/α,β-unsaturated/α-hetero) is 1. The molecular weight excluding hydrogens is 248 g/mol. The highest BCUT2D eigenvalue weighted by atomic mass is 32.1. The molecule has 0 N–H and O–H groups in total. The van der Waals surface area contributed by atoms with Crippen molar-refractivity contribution in [2.24, 2.45) is 0 Å². The first-order valence-corrected chi connectivity index (χ1v) is 7.75. The number of carbonyl (C=O) groups is 1. The zero-order valence-corrected chi connectivity index (χ0v) is 11.2. The van der Waals surface area contributed by atoms with Gasteiger partial charge in [0.1, 0.15) is 0 Å². The molecule has 0 spiro atoms. The second-order valence-electron chi connectivity index (χ2n) is 4.47. The summed E-state index contributed by atoms with van der Waals surface area (Å²) in [6, 6.07) is 4.23. The van der Waals surface area contributed by atoms with Gasteiger partial charge in [-0.2, -0.15) is 11.3 Å². The van der Waals surface area contributed by atoms with E-state index in [-0.39, 0.29) is 0 Å². The molecule has 88 valence electrons. The van der Waals surface area contributed by atoms with Crippen molar-refractivity contribution in [2.75, 3.05) is 0 Å². The number of carbonyl (C=O) groups excluding carboxylic acids is 1. The lowest BCUT2D eigenvalue weighted by molar-refractivity contribution is 0.0986. The summed E-state index contributed by atoms with van der Waals surface area (Å²) in [6.45, 7) is 0. The molecule has 1 aliphatic rings. The molecule has 0 bridgehead atoms. The molecule has 0 aromatic carbocycles. The summed E-state index contributed by atoms with van der Waals surface area (Å²) >= 11 is 3.42. The SMILES string of the molecule is O=C(CCc1ccsc1)c1cc2c(s1)CCC2. The summed E-state index contributed by atoms with van der Waals surface area (Å²) in [6.07, 6.45) is 5.15. The van der Waals surface area contributed by atoms with Crippen LogP contribution in [0.15, 0.2) is 22.9 Å². The Morgan fingerprint density at radius 2 is 2.29 bits per heavy atom. The van der Waals surface area contributed by atoms with Crippen LogP contribution in [-0.4, -0.2) is 5.78 Å². The smallest absolute Gasteiger partial charge is 0.173 e. The molecule has 1 nitrogen and oxygen atoms in total. The molecule has 3 heteroatoms. The maximum atomic E-state index is 12.1. The third kappa shape index (κ3) is 2.35. The number of ketones is 1. The van der Waals surface area contributed by atoms with E-state index >= 15 is 0 Å². The summed E-state index contributed by atoms with van der Waals surface area (Å²) in [7, 11) is 0. The average molecular weight is 262 g/mol. The van der Waals surface area contributed by atoms with Crippen LogP contribution < -0.4 is 0 Å². The molecular formula is C14H14OS2. The Morgan fingerprint density at radius 1 is 1.35 bits per heavy atom. The van der Waals surface area contributed by atoms with Crippen molar-refractivity contribution in [1.29, 1.82) is 0 Å². The number of thiophene rings is 2. The van der Waals surface area contributed by atoms with Gasteiger partial charge in [0.05, 0.1) is 4.88 Å². The molecule has 0 saturated carbocycles. The minimum absolute atomic E-state index is 0.315. The summed E-state index contributed by atoms with van der Waals surface area (Å²) in [4.78, 5) is 14.5. The van der Waals surface area contributed by atoms with Crippen LogP contribution in [0.5, 0.6) is 0 Å². The van der Waals surface area contributed by atoms with E-state index in [1.54, 1.807) is 22.7 Å². The Kier molecular flexibility index (Phi) is 3.12. The van der Waals surface area contributed by atoms with Crippen LogP contribution in [0.3, 0.4) is 0 Å². The van der Waals surface area contributed by atoms with E-state index in [1.807, 2.05) is 0 Å². The van der Waals surface area contributed by atoms with Crippen molar-refractivity contribution in [3.63, 3.8) is 0 Å². The quantitative estimate of drug-likeness (QED) is 0.758. The van der Waals surface area contributed by atoms with Crippen molar-refractivity contribution in [2.45, 2.75) is 32.1 Å². The van der Waals surface area contributed by atoms with Gasteiger partial charge < -0.3 is 0 Å². The van der Waals surface area contributed by atoms with Crippen molar-refractivity contribution in [3.8, 4) is 0 Å². The van der Waals surface area contributed by atoms with Gasteiger partial charge in [-0.1, -0.05) is 0 Å². The van der Waals surface area contributed by atoms with Crippen molar-refractivity contribution in [3.05, 3.63) is 43.8 Å². The summed E-state index contributed by atoms with van der Waals surface area (Å²) in [5, 5.41) is 4.20. The Hall–Kier alpha value is -0.930. The Morgan fingerprint density at radius 3 is 3.06 bits per heavy atom. The zero-order valence-electron chi connectivity index (χ0n) is 9.57. The topological polar surface area (TPSA) is 17.1 Å². The average Bonchev–Trinajstić information content (AvgIpc) is 3.01. The van der Waals surface area contributed by atoms with Gasteiger partial charge in [0.15, 0.2) is 5.78 Å². The first-order valence-electron chi connectivity index (χ1n) is 5.99.